The molecule has 0 N–H and O–H groups in total. The first-order valence-electron chi connectivity index (χ1n) is 8.04. The largest absolute Gasteiger partial charge is 0.321 e. The number of carbonyl (C=O) groups is 1. The lowest BCUT2D eigenvalue weighted by Crippen LogP contribution is -2.53. The maximum Gasteiger partial charge on any atom is 0.321 e. The molecule has 0 bridgehead atoms. The van der Waals surface area contributed by atoms with E-state index < -0.39 is 5.54 Å². The van der Waals surface area contributed by atoms with Crippen LogP contribution in [0.1, 0.15) is 59.6 Å². The quantitative estimate of drug-likeness (QED) is 0.783. The van der Waals surface area contributed by atoms with E-state index in [0.717, 1.165) is 5.56 Å². The molecule has 4 nitrogen and oxygen atoms in total. The van der Waals surface area contributed by atoms with Crippen molar-refractivity contribution in [2.75, 3.05) is 6.54 Å². The number of benzene rings is 1. The fourth-order valence-corrected chi connectivity index (χ4v) is 3.47. The minimum absolute atomic E-state index is 0.0508. The Morgan fingerprint density at radius 2 is 1.74 bits per heavy atom. The van der Waals surface area contributed by atoms with Crippen LogP contribution in [0.3, 0.4) is 0 Å². The highest BCUT2D eigenvalue weighted by Gasteiger charge is 2.54. The van der Waals surface area contributed by atoms with Crippen LogP contribution in [0.25, 0.3) is 0 Å². The number of nitriles is 1. The van der Waals surface area contributed by atoms with Crippen LogP contribution in [0, 0.1) is 11.3 Å². The van der Waals surface area contributed by atoms with E-state index in [9.17, 15) is 10.1 Å². The number of urea groups is 1. The van der Waals surface area contributed by atoms with Crippen LogP contribution in [-0.2, 0) is 5.54 Å². The van der Waals surface area contributed by atoms with Crippen molar-refractivity contribution < 1.29 is 4.79 Å². The van der Waals surface area contributed by atoms with Gasteiger partial charge in [0.05, 0.1) is 23.7 Å². The van der Waals surface area contributed by atoms with E-state index in [1.54, 1.807) is 6.07 Å². The van der Waals surface area contributed by atoms with Gasteiger partial charge in [0.25, 0.3) is 0 Å². The van der Waals surface area contributed by atoms with Crippen molar-refractivity contribution in [3.8, 4) is 6.07 Å². The predicted octanol–water partition coefficient (Wildman–Crippen LogP) is 4.11. The van der Waals surface area contributed by atoms with Crippen molar-refractivity contribution in [2.45, 2.75) is 65.1 Å². The second kappa shape index (κ2) is 5.26. The molecule has 0 spiro atoms. The predicted molar refractivity (Wildman–Crippen MR) is 92.0 cm³/mol. The average Bonchev–Trinajstić information content (AvgIpc) is 2.71. The van der Waals surface area contributed by atoms with Crippen molar-refractivity contribution in [3.05, 3.63) is 35.4 Å². The Morgan fingerprint density at radius 1 is 1.13 bits per heavy atom. The zero-order valence-corrected chi connectivity index (χ0v) is 15.3. The molecule has 1 aromatic rings. The number of carbonyl (C=O) groups excluding carboxylic acids is 1. The van der Waals surface area contributed by atoms with Gasteiger partial charge in [0.15, 0.2) is 0 Å². The van der Waals surface area contributed by atoms with Crippen LogP contribution in [0.15, 0.2) is 24.3 Å². The lowest BCUT2D eigenvalue weighted by molar-refractivity contribution is 0.0876. The maximum atomic E-state index is 13.1. The summed E-state index contributed by atoms with van der Waals surface area (Å²) in [7, 11) is 0. The van der Waals surface area contributed by atoms with E-state index in [1.165, 1.54) is 0 Å². The van der Waals surface area contributed by atoms with Crippen LogP contribution in [-0.4, -0.2) is 33.5 Å². The molecule has 1 aromatic carbocycles. The van der Waals surface area contributed by atoms with Crippen molar-refractivity contribution in [2.24, 2.45) is 0 Å². The number of rotatable bonds is 1. The lowest BCUT2D eigenvalue weighted by Gasteiger charge is -2.43. The summed E-state index contributed by atoms with van der Waals surface area (Å²) in [5.74, 6) is 0. The Balaban J connectivity index is 2.61. The molecule has 1 aliphatic rings. The molecule has 1 heterocycles. The van der Waals surface area contributed by atoms with Crippen LogP contribution in [0.4, 0.5) is 4.79 Å². The van der Waals surface area contributed by atoms with Gasteiger partial charge in [-0.2, -0.15) is 5.26 Å². The molecule has 0 saturated carbocycles. The molecule has 1 fully saturated rings. The van der Waals surface area contributed by atoms with Crippen LogP contribution >= 0.6 is 0 Å². The van der Waals surface area contributed by atoms with Crippen molar-refractivity contribution >= 4 is 6.03 Å². The van der Waals surface area contributed by atoms with Gasteiger partial charge in [-0.15, -0.1) is 0 Å². The molecule has 1 atom stereocenters. The molecular formula is C19H27N3O. The third kappa shape index (κ3) is 2.93. The number of amides is 2. The molecule has 0 radical (unpaired) electrons. The molecular weight excluding hydrogens is 286 g/mol. The monoisotopic (exact) mass is 313 g/mol. The van der Waals surface area contributed by atoms with Gasteiger partial charge >= 0.3 is 6.03 Å². The van der Waals surface area contributed by atoms with E-state index >= 15 is 0 Å². The summed E-state index contributed by atoms with van der Waals surface area (Å²) in [6.45, 7) is 15.1. The molecule has 1 saturated heterocycles. The number of hydrogen-bond acceptors (Lipinski definition) is 2. The highest BCUT2D eigenvalue weighted by atomic mass is 16.2. The molecule has 0 aromatic heterocycles. The van der Waals surface area contributed by atoms with Gasteiger partial charge in [-0.05, 0) is 66.2 Å². The Hall–Kier alpha value is -2.02. The molecule has 23 heavy (non-hydrogen) atoms. The molecule has 1 unspecified atom stereocenters. The molecule has 0 aliphatic carbocycles. The summed E-state index contributed by atoms with van der Waals surface area (Å²) in [4.78, 5) is 17.0. The van der Waals surface area contributed by atoms with Gasteiger partial charge in [-0.25, -0.2) is 4.79 Å². The highest BCUT2D eigenvalue weighted by Crippen LogP contribution is 2.43. The van der Waals surface area contributed by atoms with Crippen molar-refractivity contribution in [1.82, 2.24) is 9.80 Å². The first kappa shape index (κ1) is 17.3. The van der Waals surface area contributed by atoms with Gasteiger partial charge < -0.3 is 9.80 Å². The summed E-state index contributed by atoms with van der Waals surface area (Å²) in [5, 5.41) is 9.21. The van der Waals surface area contributed by atoms with Gasteiger partial charge in [-0.1, -0.05) is 12.1 Å². The molecule has 124 valence electrons. The zero-order chi connectivity index (χ0) is 17.6. The fraction of sp³-hybridized carbons (Fsp3) is 0.579. The highest BCUT2D eigenvalue weighted by molar-refractivity contribution is 5.80. The van der Waals surface area contributed by atoms with Crippen LogP contribution in [0.2, 0.25) is 0 Å². The molecule has 2 rings (SSSR count). The van der Waals surface area contributed by atoms with Crippen LogP contribution < -0.4 is 0 Å². The Morgan fingerprint density at radius 3 is 2.22 bits per heavy atom. The fourth-order valence-electron chi connectivity index (χ4n) is 3.47. The maximum absolute atomic E-state index is 13.1. The van der Waals surface area contributed by atoms with Crippen molar-refractivity contribution in [1.29, 1.82) is 5.26 Å². The Labute approximate surface area is 139 Å². The summed E-state index contributed by atoms with van der Waals surface area (Å²) in [5.41, 5.74) is 0.612. The molecule has 4 heteroatoms. The third-order valence-corrected chi connectivity index (χ3v) is 4.48. The average molecular weight is 313 g/mol. The van der Waals surface area contributed by atoms with E-state index in [4.69, 9.17) is 0 Å². The minimum atomic E-state index is -0.463. The van der Waals surface area contributed by atoms with Crippen molar-refractivity contribution in [3.63, 3.8) is 0 Å². The third-order valence-electron chi connectivity index (χ3n) is 4.48. The summed E-state index contributed by atoms with van der Waals surface area (Å²) in [6, 6.07) is 9.85. The second-order valence-corrected chi connectivity index (χ2v) is 8.51. The van der Waals surface area contributed by atoms with Crippen LogP contribution in [0.5, 0.6) is 0 Å². The Bertz CT molecular complexity index is 660. The standard InChI is InChI=1S/C19H27N3O/c1-17(2,3)21-13-19(7,22(16(21)23)18(4,5)6)15-10-8-9-14(11-15)12-20/h8-11H,13H2,1-7H3. The minimum Gasteiger partial charge on any atom is -0.317 e. The SMILES string of the molecule is CC(C)(C)N1CC(C)(c2cccc(C#N)c2)N(C(C)(C)C)C1=O. The zero-order valence-electron chi connectivity index (χ0n) is 15.3. The number of nitrogens with zero attached hydrogens (tertiary/aromatic N) is 3. The second-order valence-electron chi connectivity index (χ2n) is 8.51. The summed E-state index contributed by atoms with van der Waals surface area (Å²) < 4.78 is 0. The first-order valence-corrected chi connectivity index (χ1v) is 8.04. The van der Waals surface area contributed by atoms with E-state index in [0.29, 0.717) is 12.1 Å². The van der Waals surface area contributed by atoms with E-state index in [1.807, 2.05) is 28.0 Å². The summed E-state index contributed by atoms with van der Waals surface area (Å²) in [6.07, 6.45) is 0. The normalized spacial score (nSPS) is 22.4. The number of hydrogen-bond donors (Lipinski definition) is 0. The molecule has 1 aliphatic heterocycles. The summed E-state index contributed by atoms with van der Waals surface area (Å²) >= 11 is 0. The topological polar surface area (TPSA) is 47.3 Å². The van der Waals surface area contributed by atoms with Gasteiger partial charge in [0, 0.05) is 11.1 Å². The first-order chi connectivity index (χ1) is 10.4. The van der Waals surface area contributed by atoms with Gasteiger partial charge in [0.2, 0.25) is 0 Å². The lowest BCUT2D eigenvalue weighted by atomic mass is 9.86. The van der Waals surface area contributed by atoms with Gasteiger partial charge in [0.1, 0.15) is 0 Å². The van der Waals surface area contributed by atoms with E-state index in [-0.39, 0.29) is 17.1 Å². The molecule has 2 amide bonds. The van der Waals surface area contributed by atoms with E-state index in [2.05, 4.69) is 54.5 Å². The van der Waals surface area contributed by atoms with Gasteiger partial charge in [-0.3, -0.25) is 0 Å². The Kier molecular flexibility index (Phi) is 3.97. The smallest absolute Gasteiger partial charge is 0.317 e.